The van der Waals surface area contributed by atoms with Crippen LogP contribution in [0.5, 0.6) is 5.75 Å². The summed E-state index contributed by atoms with van der Waals surface area (Å²) in [6.45, 7) is 1.14. The molecule has 8 nitrogen and oxygen atoms in total. The van der Waals surface area contributed by atoms with Gasteiger partial charge in [-0.2, -0.15) is 0 Å². The summed E-state index contributed by atoms with van der Waals surface area (Å²) >= 11 is 0. The molecule has 1 amide bonds. The van der Waals surface area contributed by atoms with Gasteiger partial charge in [-0.15, -0.1) is 0 Å². The van der Waals surface area contributed by atoms with Crippen LogP contribution in [0.2, 0.25) is 0 Å². The highest BCUT2D eigenvalue weighted by atomic mass is 32.2. The normalized spacial score (nSPS) is 15.4. The molecule has 0 atom stereocenters. The van der Waals surface area contributed by atoms with Gasteiger partial charge in [0.1, 0.15) is 5.75 Å². The number of sulfonamides is 1. The quantitative estimate of drug-likeness (QED) is 0.771. The van der Waals surface area contributed by atoms with Gasteiger partial charge in [0, 0.05) is 31.3 Å². The number of hydrogen-bond donors (Lipinski definition) is 1. The first-order valence-corrected chi connectivity index (χ1v) is 10.5. The Morgan fingerprint density at radius 3 is 2.78 bits per heavy atom. The first kappa shape index (κ1) is 19.4. The van der Waals surface area contributed by atoms with E-state index in [0.717, 1.165) is 24.8 Å². The molecule has 2 aromatic rings. The summed E-state index contributed by atoms with van der Waals surface area (Å²) in [6.07, 6.45) is 2.83. The van der Waals surface area contributed by atoms with Gasteiger partial charge in [0.25, 0.3) is 5.91 Å². The highest BCUT2D eigenvalue weighted by molar-refractivity contribution is 7.89. The van der Waals surface area contributed by atoms with Gasteiger partial charge in [-0.05, 0) is 25.0 Å². The van der Waals surface area contributed by atoms with Crippen LogP contribution in [-0.4, -0.2) is 56.3 Å². The molecule has 27 heavy (non-hydrogen) atoms. The molecular weight excluding hydrogens is 370 g/mol. The van der Waals surface area contributed by atoms with Crippen LogP contribution in [0, 0.1) is 0 Å². The minimum atomic E-state index is -3.35. The number of carbonyl (C=O) groups is 1. The average Bonchev–Trinajstić information content (AvgIpc) is 3.19. The van der Waals surface area contributed by atoms with Crippen molar-refractivity contribution in [3.8, 4) is 17.1 Å². The van der Waals surface area contributed by atoms with Crippen LogP contribution in [0.1, 0.15) is 29.8 Å². The molecule has 3 rings (SSSR count). The predicted octanol–water partition coefficient (Wildman–Crippen LogP) is 1.90. The minimum absolute atomic E-state index is 0.0268. The Morgan fingerprint density at radius 2 is 2.04 bits per heavy atom. The average molecular weight is 393 g/mol. The summed E-state index contributed by atoms with van der Waals surface area (Å²) in [5, 5.41) is 6.35. The standard InChI is InChI=1S/C18H23N3O5S/c1-25-15-7-5-6-14(12-15)17-13-16(20-26-17)18(22)19-8-11-27(23,24)21-9-3-2-4-10-21/h5-7,12-13H,2-4,8-11H2,1H3,(H,19,22). The maximum atomic E-state index is 12.3. The Labute approximate surface area is 158 Å². The molecule has 1 saturated heterocycles. The fraction of sp³-hybridized carbons (Fsp3) is 0.444. The summed E-state index contributed by atoms with van der Waals surface area (Å²) in [7, 11) is -1.78. The number of nitrogens with zero attached hydrogens (tertiary/aromatic N) is 2. The predicted molar refractivity (Wildman–Crippen MR) is 100 cm³/mol. The van der Waals surface area contributed by atoms with E-state index in [1.54, 1.807) is 19.2 Å². The first-order chi connectivity index (χ1) is 13.0. The van der Waals surface area contributed by atoms with Gasteiger partial charge in [0.05, 0.1) is 12.9 Å². The zero-order valence-corrected chi connectivity index (χ0v) is 16.0. The summed E-state index contributed by atoms with van der Waals surface area (Å²) in [6, 6.07) is 8.71. The van der Waals surface area contributed by atoms with Crippen molar-refractivity contribution in [3.63, 3.8) is 0 Å². The van der Waals surface area contributed by atoms with Crippen LogP contribution in [0.3, 0.4) is 0 Å². The molecule has 0 unspecified atom stereocenters. The largest absolute Gasteiger partial charge is 0.497 e. The van der Waals surface area contributed by atoms with E-state index in [1.807, 2.05) is 12.1 Å². The molecule has 2 heterocycles. The zero-order valence-electron chi connectivity index (χ0n) is 15.2. The van der Waals surface area contributed by atoms with Gasteiger partial charge in [0.2, 0.25) is 10.0 Å². The van der Waals surface area contributed by atoms with Crippen LogP contribution >= 0.6 is 0 Å². The van der Waals surface area contributed by atoms with Crippen molar-refractivity contribution in [2.24, 2.45) is 0 Å². The van der Waals surface area contributed by atoms with Crippen LogP contribution < -0.4 is 10.1 Å². The number of rotatable bonds is 7. The van der Waals surface area contributed by atoms with Crippen molar-refractivity contribution in [2.75, 3.05) is 32.5 Å². The molecule has 0 aliphatic carbocycles. The highest BCUT2D eigenvalue weighted by Crippen LogP contribution is 2.24. The number of benzene rings is 1. The number of methoxy groups -OCH3 is 1. The molecule has 0 spiro atoms. The zero-order chi connectivity index (χ0) is 19.3. The summed E-state index contributed by atoms with van der Waals surface area (Å²) in [5.41, 5.74) is 0.830. The number of hydrogen-bond acceptors (Lipinski definition) is 6. The van der Waals surface area contributed by atoms with E-state index in [2.05, 4.69) is 10.5 Å². The van der Waals surface area contributed by atoms with E-state index in [0.29, 0.717) is 24.6 Å². The molecule has 1 aliphatic heterocycles. The topological polar surface area (TPSA) is 102 Å². The molecule has 0 bridgehead atoms. The lowest BCUT2D eigenvalue weighted by Gasteiger charge is -2.25. The highest BCUT2D eigenvalue weighted by Gasteiger charge is 2.24. The second-order valence-electron chi connectivity index (χ2n) is 6.34. The number of piperidine rings is 1. The third-order valence-electron chi connectivity index (χ3n) is 4.45. The third kappa shape index (κ3) is 4.86. The van der Waals surface area contributed by atoms with Gasteiger partial charge in [-0.25, -0.2) is 12.7 Å². The molecule has 9 heteroatoms. The molecule has 1 N–H and O–H groups in total. The van der Waals surface area contributed by atoms with Crippen molar-refractivity contribution < 1.29 is 22.5 Å². The Kier molecular flexibility index (Phi) is 6.12. The van der Waals surface area contributed by atoms with Crippen LogP contribution in [0.4, 0.5) is 0 Å². The Hall–Kier alpha value is -2.39. The monoisotopic (exact) mass is 393 g/mol. The Morgan fingerprint density at radius 1 is 1.26 bits per heavy atom. The number of nitrogens with one attached hydrogen (secondary N) is 1. The summed E-state index contributed by atoms with van der Waals surface area (Å²) in [5.74, 6) is 0.499. The smallest absolute Gasteiger partial charge is 0.273 e. The molecule has 1 aromatic heterocycles. The lowest BCUT2D eigenvalue weighted by Crippen LogP contribution is -2.40. The lowest BCUT2D eigenvalue weighted by atomic mass is 10.1. The third-order valence-corrected chi connectivity index (χ3v) is 6.32. The SMILES string of the molecule is COc1cccc(-c2cc(C(=O)NCCS(=O)(=O)N3CCCCC3)no2)c1. The molecule has 1 aliphatic rings. The first-order valence-electron chi connectivity index (χ1n) is 8.87. The summed E-state index contributed by atoms with van der Waals surface area (Å²) in [4.78, 5) is 12.2. The van der Waals surface area contributed by atoms with E-state index in [9.17, 15) is 13.2 Å². The van der Waals surface area contributed by atoms with Crippen molar-refractivity contribution in [1.29, 1.82) is 0 Å². The van der Waals surface area contributed by atoms with Crippen LogP contribution in [0.25, 0.3) is 11.3 Å². The Balaban J connectivity index is 1.56. The van der Waals surface area contributed by atoms with E-state index in [4.69, 9.17) is 9.26 Å². The fourth-order valence-electron chi connectivity index (χ4n) is 2.95. The second kappa shape index (κ2) is 8.53. The maximum absolute atomic E-state index is 12.3. The van der Waals surface area contributed by atoms with Gasteiger partial charge < -0.3 is 14.6 Å². The summed E-state index contributed by atoms with van der Waals surface area (Å²) < 4.78 is 36.4. The number of carbonyl (C=O) groups excluding carboxylic acids is 1. The molecule has 1 aromatic carbocycles. The van der Waals surface area contributed by atoms with Gasteiger partial charge in [0.15, 0.2) is 11.5 Å². The number of amides is 1. The van der Waals surface area contributed by atoms with Crippen molar-refractivity contribution in [2.45, 2.75) is 19.3 Å². The van der Waals surface area contributed by atoms with Gasteiger partial charge >= 0.3 is 0 Å². The van der Waals surface area contributed by atoms with Crippen LogP contribution in [0.15, 0.2) is 34.9 Å². The van der Waals surface area contributed by atoms with Crippen molar-refractivity contribution >= 4 is 15.9 Å². The molecule has 0 radical (unpaired) electrons. The van der Waals surface area contributed by atoms with E-state index in [1.165, 1.54) is 10.4 Å². The Bertz CT molecular complexity index is 888. The minimum Gasteiger partial charge on any atom is -0.497 e. The van der Waals surface area contributed by atoms with Crippen molar-refractivity contribution in [3.05, 3.63) is 36.0 Å². The lowest BCUT2D eigenvalue weighted by molar-refractivity contribution is 0.0947. The van der Waals surface area contributed by atoms with Gasteiger partial charge in [-0.1, -0.05) is 23.7 Å². The van der Waals surface area contributed by atoms with E-state index in [-0.39, 0.29) is 18.0 Å². The second-order valence-corrected chi connectivity index (χ2v) is 8.43. The number of ether oxygens (including phenoxy) is 1. The molecule has 146 valence electrons. The fourth-order valence-corrected chi connectivity index (χ4v) is 4.38. The van der Waals surface area contributed by atoms with Gasteiger partial charge in [-0.3, -0.25) is 4.79 Å². The van der Waals surface area contributed by atoms with Crippen molar-refractivity contribution in [1.82, 2.24) is 14.8 Å². The molecule has 1 fully saturated rings. The van der Waals surface area contributed by atoms with E-state index >= 15 is 0 Å². The molecule has 0 saturated carbocycles. The number of aromatic nitrogens is 1. The molecular formula is C18H23N3O5S. The maximum Gasteiger partial charge on any atom is 0.273 e. The van der Waals surface area contributed by atoms with E-state index < -0.39 is 15.9 Å². The van der Waals surface area contributed by atoms with Crippen LogP contribution in [-0.2, 0) is 10.0 Å².